The van der Waals surface area contributed by atoms with E-state index >= 15 is 0 Å². The third-order valence-corrected chi connectivity index (χ3v) is 4.99. The van der Waals surface area contributed by atoms with Crippen LogP contribution in [0.2, 0.25) is 5.28 Å². The number of sulfone groups is 1. The fourth-order valence-corrected chi connectivity index (χ4v) is 3.07. The normalized spacial score (nSPS) is 20.1. The monoisotopic (exact) mass is 319 g/mol. The van der Waals surface area contributed by atoms with Crippen LogP contribution < -0.4 is 4.90 Å². The molecule has 1 aromatic heterocycles. The second kappa shape index (κ2) is 6.24. The summed E-state index contributed by atoms with van der Waals surface area (Å²) in [6.07, 6.45) is 0. The molecule has 0 spiro atoms. The van der Waals surface area contributed by atoms with Crippen molar-refractivity contribution >= 4 is 27.3 Å². The molecule has 2 rings (SSSR count). The van der Waals surface area contributed by atoms with Crippen molar-refractivity contribution < 1.29 is 13.2 Å². The van der Waals surface area contributed by atoms with Crippen LogP contribution in [0.25, 0.3) is 0 Å². The second-order valence-corrected chi connectivity index (χ2v) is 7.47. The molecular weight excluding hydrogens is 302 g/mol. The van der Waals surface area contributed by atoms with Gasteiger partial charge in [-0.05, 0) is 18.5 Å². The predicted molar refractivity (Wildman–Crippen MR) is 77.8 cm³/mol. The van der Waals surface area contributed by atoms with Gasteiger partial charge in [0.25, 0.3) is 0 Å². The molecule has 0 amide bonds. The number of halogens is 1. The lowest BCUT2D eigenvalue weighted by Crippen LogP contribution is -2.44. The van der Waals surface area contributed by atoms with Crippen LogP contribution in [0.5, 0.6) is 0 Å². The van der Waals surface area contributed by atoms with Gasteiger partial charge in [-0.2, -0.15) is 0 Å². The molecule has 0 bridgehead atoms. The number of hydrogen-bond acceptors (Lipinski definition) is 6. The Labute approximate surface area is 124 Å². The first-order valence-electron chi connectivity index (χ1n) is 6.49. The first kappa shape index (κ1) is 15.5. The van der Waals surface area contributed by atoms with Crippen LogP contribution in [0.3, 0.4) is 0 Å². The molecule has 0 aromatic carbocycles. The van der Waals surface area contributed by atoms with Crippen molar-refractivity contribution in [1.82, 2.24) is 9.97 Å². The molecule has 1 aliphatic heterocycles. The zero-order chi connectivity index (χ0) is 14.8. The zero-order valence-corrected chi connectivity index (χ0v) is 13.1. The smallest absolute Gasteiger partial charge is 0.224 e. The summed E-state index contributed by atoms with van der Waals surface area (Å²) >= 11 is 5.91. The number of anilines is 1. The second-order valence-electron chi connectivity index (χ2n) is 4.78. The summed E-state index contributed by atoms with van der Waals surface area (Å²) in [5.41, 5.74) is 0.431. The standard InChI is InChI=1S/C12H18ClN3O3S/c1-3-20(17,18)8-10-6-11(15-12(13)14-10)16-4-5-19-7-9(16)2/h6,9H,3-5,7-8H2,1-2H3/t9-/m1/s1. The number of morpholine rings is 1. The average Bonchev–Trinajstić information content (AvgIpc) is 2.38. The fourth-order valence-electron chi connectivity index (χ4n) is 2.07. The van der Waals surface area contributed by atoms with E-state index < -0.39 is 9.84 Å². The Balaban J connectivity index is 2.28. The van der Waals surface area contributed by atoms with Gasteiger partial charge in [0.15, 0.2) is 9.84 Å². The van der Waals surface area contributed by atoms with E-state index in [1.807, 2.05) is 6.92 Å². The lowest BCUT2D eigenvalue weighted by molar-refractivity contribution is 0.0985. The van der Waals surface area contributed by atoms with Crippen molar-refractivity contribution in [3.63, 3.8) is 0 Å². The number of rotatable bonds is 4. The molecule has 0 aliphatic carbocycles. The van der Waals surface area contributed by atoms with E-state index in [-0.39, 0.29) is 22.8 Å². The molecule has 8 heteroatoms. The highest BCUT2D eigenvalue weighted by Gasteiger charge is 2.22. The minimum atomic E-state index is -3.14. The van der Waals surface area contributed by atoms with Crippen LogP contribution in [-0.2, 0) is 20.3 Å². The molecule has 0 radical (unpaired) electrons. The van der Waals surface area contributed by atoms with Gasteiger partial charge in [-0.25, -0.2) is 18.4 Å². The number of hydrogen-bond donors (Lipinski definition) is 0. The van der Waals surface area contributed by atoms with Crippen LogP contribution in [-0.4, -0.2) is 49.9 Å². The molecule has 2 heterocycles. The fraction of sp³-hybridized carbons (Fsp3) is 0.667. The highest BCUT2D eigenvalue weighted by atomic mass is 35.5. The number of ether oxygens (including phenoxy) is 1. The van der Waals surface area contributed by atoms with E-state index in [2.05, 4.69) is 14.9 Å². The summed E-state index contributed by atoms with van der Waals surface area (Å²) in [6.45, 7) is 5.58. The Kier molecular flexibility index (Phi) is 4.82. The summed E-state index contributed by atoms with van der Waals surface area (Å²) in [4.78, 5) is 10.3. The van der Waals surface area contributed by atoms with Gasteiger partial charge in [0.1, 0.15) is 5.82 Å². The number of aromatic nitrogens is 2. The minimum Gasteiger partial charge on any atom is -0.377 e. The molecule has 6 nitrogen and oxygen atoms in total. The Hall–Kier alpha value is -0.920. The molecule has 0 N–H and O–H groups in total. The van der Waals surface area contributed by atoms with Crippen molar-refractivity contribution in [3.05, 3.63) is 17.0 Å². The van der Waals surface area contributed by atoms with Crippen LogP contribution in [0.4, 0.5) is 5.82 Å². The van der Waals surface area contributed by atoms with E-state index in [0.717, 1.165) is 0 Å². The summed E-state index contributed by atoms with van der Waals surface area (Å²) in [5.74, 6) is 0.622. The topological polar surface area (TPSA) is 72.4 Å². The maximum atomic E-state index is 11.7. The molecule has 0 unspecified atom stereocenters. The lowest BCUT2D eigenvalue weighted by atomic mass is 10.2. The molecule has 1 saturated heterocycles. The maximum Gasteiger partial charge on any atom is 0.224 e. The van der Waals surface area contributed by atoms with Gasteiger partial charge in [0.05, 0.1) is 30.7 Å². The highest BCUT2D eigenvalue weighted by Crippen LogP contribution is 2.21. The quantitative estimate of drug-likeness (QED) is 0.779. The van der Waals surface area contributed by atoms with E-state index in [1.165, 1.54) is 0 Å². The molecule has 1 fully saturated rings. The van der Waals surface area contributed by atoms with Gasteiger partial charge in [-0.15, -0.1) is 0 Å². The molecule has 0 saturated carbocycles. The largest absolute Gasteiger partial charge is 0.377 e. The van der Waals surface area contributed by atoms with Crippen LogP contribution in [0, 0.1) is 0 Å². The third-order valence-electron chi connectivity index (χ3n) is 3.21. The van der Waals surface area contributed by atoms with Crippen molar-refractivity contribution in [2.75, 3.05) is 30.4 Å². The van der Waals surface area contributed by atoms with Crippen molar-refractivity contribution in [3.8, 4) is 0 Å². The van der Waals surface area contributed by atoms with Crippen LogP contribution in [0.1, 0.15) is 19.5 Å². The van der Waals surface area contributed by atoms with Gasteiger partial charge in [-0.1, -0.05) is 6.92 Å². The van der Waals surface area contributed by atoms with E-state index in [0.29, 0.717) is 31.3 Å². The molecule has 20 heavy (non-hydrogen) atoms. The SMILES string of the molecule is CCS(=O)(=O)Cc1cc(N2CCOC[C@H]2C)nc(Cl)n1. The Morgan fingerprint density at radius 2 is 2.25 bits per heavy atom. The van der Waals surface area contributed by atoms with Crippen LogP contribution >= 0.6 is 11.6 Å². The van der Waals surface area contributed by atoms with Crippen LogP contribution in [0.15, 0.2) is 6.07 Å². The van der Waals surface area contributed by atoms with Gasteiger partial charge in [0, 0.05) is 18.4 Å². The van der Waals surface area contributed by atoms with E-state index in [4.69, 9.17) is 16.3 Å². The van der Waals surface area contributed by atoms with Gasteiger partial charge in [0.2, 0.25) is 5.28 Å². The first-order valence-corrected chi connectivity index (χ1v) is 8.69. The Morgan fingerprint density at radius 3 is 2.90 bits per heavy atom. The van der Waals surface area contributed by atoms with Gasteiger partial charge < -0.3 is 9.64 Å². The molecule has 112 valence electrons. The molecule has 1 aromatic rings. The molecule has 1 atom stereocenters. The Morgan fingerprint density at radius 1 is 1.50 bits per heavy atom. The lowest BCUT2D eigenvalue weighted by Gasteiger charge is -2.34. The Bertz CT molecular complexity index is 579. The van der Waals surface area contributed by atoms with E-state index in [1.54, 1.807) is 13.0 Å². The van der Waals surface area contributed by atoms with Crippen molar-refractivity contribution in [2.45, 2.75) is 25.6 Å². The van der Waals surface area contributed by atoms with E-state index in [9.17, 15) is 8.42 Å². The summed E-state index contributed by atoms with van der Waals surface area (Å²) in [6, 6.07) is 1.87. The highest BCUT2D eigenvalue weighted by molar-refractivity contribution is 7.90. The summed E-state index contributed by atoms with van der Waals surface area (Å²) in [7, 11) is -3.14. The minimum absolute atomic E-state index is 0.0718. The molecular formula is C12H18ClN3O3S. The maximum absolute atomic E-state index is 11.7. The zero-order valence-electron chi connectivity index (χ0n) is 11.5. The number of nitrogens with zero attached hydrogens (tertiary/aromatic N) is 3. The predicted octanol–water partition coefficient (Wildman–Crippen LogP) is 1.29. The molecule has 1 aliphatic rings. The van der Waals surface area contributed by atoms with Gasteiger partial charge in [-0.3, -0.25) is 0 Å². The summed E-state index contributed by atoms with van der Waals surface area (Å²) < 4.78 is 28.8. The first-order chi connectivity index (χ1) is 9.41. The summed E-state index contributed by atoms with van der Waals surface area (Å²) in [5, 5.41) is 0.0718. The van der Waals surface area contributed by atoms with Gasteiger partial charge >= 0.3 is 0 Å². The van der Waals surface area contributed by atoms with Crippen molar-refractivity contribution in [1.29, 1.82) is 0 Å². The average molecular weight is 320 g/mol. The third kappa shape index (κ3) is 3.80. The van der Waals surface area contributed by atoms with Crippen molar-refractivity contribution in [2.24, 2.45) is 0 Å².